The zero-order chi connectivity index (χ0) is 52.9. The van der Waals surface area contributed by atoms with Gasteiger partial charge in [-0.25, -0.2) is 0 Å². The summed E-state index contributed by atoms with van der Waals surface area (Å²) in [5.41, 5.74) is 0. The molecule has 0 aromatic carbocycles. The average Bonchev–Trinajstić information content (AvgIpc) is 3.39. The van der Waals surface area contributed by atoms with E-state index in [1.54, 1.807) is 0 Å². The molecule has 0 aliphatic carbocycles. The van der Waals surface area contributed by atoms with Gasteiger partial charge in [0.15, 0.2) is 6.10 Å². The zero-order valence-corrected chi connectivity index (χ0v) is 47.1. The number of carbonyl (C=O) groups is 3. The lowest BCUT2D eigenvalue weighted by Gasteiger charge is -2.18. The lowest BCUT2D eigenvalue weighted by Crippen LogP contribution is -2.30. The molecular formula is C67H108O6. The summed E-state index contributed by atoms with van der Waals surface area (Å²) in [4.78, 5) is 38.2. The van der Waals surface area contributed by atoms with Gasteiger partial charge in [-0.1, -0.05) is 231 Å². The number of hydrogen-bond acceptors (Lipinski definition) is 6. The Morgan fingerprint density at radius 3 is 0.890 bits per heavy atom. The van der Waals surface area contributed by atoms with Crippen LogP contribution >= 0.6 is 0 Å². The zero-order valence-electron chi connectivity index (χ0n) is 47.1. The van der Waals surface area contributed by atoms with Crippen LogP contribution in [0.25, 0.3) is 0 Å². The fourth-order valence-corrected chi connectivity index (χ4v) is 7.67. The molecule has 0 amide bonds. The lowest BCUT2D eigenvalue weighted by molar-refractivity contribution is -0.167. The Hall–Kier alpha value is -4.45. The molecule has 0 heterocycles. The average molecular weight is 1010 g/mol. The summed E-state index contributed by atoms with van der Waals surface area (Å²) < 4.78 is 16.8. The van der Waals surface area contributed by atoms with Crippen molar-refractivity contribution in [3.05, 3.63) is 134 Å². The number of carbonyl (C=O) groups excluding carboxylic acids is 3. The van der Waals surface area contributed by atoms with Crippen LogP contribution in [0.1, 0.15) is 252 Å². The Labute approximate surface area is 449 Å². The van der Waals surface area contributed by atoms with E-state index >= 15 is 0 Å². The first-order chi connectivity index (χ1) is 36.0. The molecule has 1 unspecified atom stereocenters. The second-order valence-corrected chi connectivity index (χ2v) is 19.2. The maximum absolute atomic E-state index is 12.9. The minimum Gasteiger partial charge on any atom is -0.462 e. The van der Waals surface area contributed by atoms with Crippen molar-refractivity contribution in [3.8, 4) is 0 Å². The van der Waals surface area contributed by atoms with Gasteiger partial charge in [0.05, 0.1) is 0 Å². The molecule has 1 atom stereocenters. The first-order valence-corrected chi connectivity index (χ1v) is 29.7. The van der Waals surface area contributed by atoms with Gasteiger partial charge in [-0.05, 0) is 135 Å². The van der Waals surface area contributed by atoms with Crippen LogP contribution < -0.4 is 0 Å². The fraction of sp³-hybridized carbons (Fsp3) is 0.627. The summed E-state index contributed by atoms with van der Waals surface area (Å²) in [5, 5.41) is 0. The topological polar surface area (TPSA) is 78.9 Å². The van der Waals surface area contributed by atoms with Crippen LogP contribution in [0, 0.1) is 0 Å². The maximum atomic E-state index is 12.9. The number of unbranched alkanes of at least 4 members (excludes halogenated alkanes) is 19. The number of hydrogen-bond donors (Lipinski definition) is 0. The van der Waals surface area contributed by atoms with Gasteiger partial charge in [-0.15, -0.1) is 0 Å². The molecule has 0 saturated heterocycles. The highest BCUT2D eigenvalue weighted by Gasteiger charge is 2.19. The molecule has 0 aliphatic rings. The molecular weight excluding hydrogens is 901 g/mol. The van der Waals surface area contributed by atoms with Gasteiger partial charge in [0, 0.05) is 19.3 Å². The number of allylic oxidation sites excluding steroid dienone is 22. The summed E-state index contributed by atoms with van der Waals surface area (Å²) in [6, 6.07) is 0. The summed E-state index contributed by atoms with van der Waals surface area (Å²) in [5.74, 6) is -1.00. The Kier molecular flexibility index (Phi) is 56.4. The minimum atomic E-state index is -0.821. The van der Waals surface area contributed by atoms with E-state index in [2.05, 4.69) is 154 Å². The van der Waals surface area contributed by atoms with Crippen LogP contribution in [0.4, 0.5) is 0 Å². The minimum absolute atomic E-state index is 0.113. The van der Waals surface area contributed by atoms with Gasteiger partial charge in [-0.2, -0.15) is 0 Å². The van der Waals surface area contributed by atoms with E-state index < -0.39 is 6.10 Å². The second-order valence-electron chi connectivity index (χ2n) is 19.2. The summed E-state index contributed by atoms with van der Waals surface area (Å²) in [6.45, 7) is 6.41. The molecule has 0 bridgehead atoms. The molecule has 412 valence electrons. The molecule has 0 spiro atoms. The van der Waals surface area contributed by atoms with E-state index in [4.69, 9.17) is 14.2 Å². The van der Waals surface area contributed by atoms with E-state index in [0.717, 1.165) is 141 Å². The standard InChI is InChI=1S/C67H108O6/c1-4-7-10-13-16-19-22-25-28-31-32-33-34-35-36-37-40-42-45-48-51-54-57-60-66(69)72-63-64(73-67(70)61-58-55-52-49-46-43-39-30-27-24-21-18-15-12-9-6-3)62-71-65(68)59-56-53-50-47-44-41-38-29-26-23-20-17-14-11-8-5-2/h7,10,16,19-21,23-25,28-30,32-33,35-36,38-40,42,48,51,64H,4-6,8-9,11-15,17-18,22,26-27,31,34,37,41,43-47,49-50,52-63H2,1-3H3/b10-7-,19-16-,23-20-,24-21-,28-25-,33-32-,36-35-,38-29-,39-30-,42-40-,51-48-. The quantitative estimate of drug-likeness (QED) is 0.0261. The highest BCUT2D eigenvalue weighted by molar-refractivity contribution is 5.71. The Morgan fingerprint density at radius 2 is 0.548 bits per heavy atom. The van der Waals surface area contributed by atoms with Crippen molar-refractivity contribution < 1.29 is 28.6 Å². The van der Waals surface area contributed by atoms with Crippen LogP contribution in [-0.4, -0.2) is 37.2 Å². The summed E-state index contributed by atoms with van der Waals surface area (Å²) >= 11 is 0. The van der Waals surface area contributed by atoms with E-state index in [9.17, 15) is 14.4 Å². The van der Waals surface area contributed by atoms with Crippen molar-refractivity contribution >= 4 is 17.9 Å². The molecule has 0 radical (unpaired) electrons. The molecule has 0 rings (SSSR count). The number of esters is 3. The number of ether oxygens (including phenoxy) is 3. The lowest BCUT2D eigenvalue weighted by atomic mass is 10.1. The SMILES string of the molecule is CC/C=C\C/C=C\C/C=C\C/C=C\C/C=C\C/C=C\C/C=C\CCCC(=O)OCC(COC(=O)CCCCCCC/C=C\C/C=C\CCCCCC)OC(=O)CCCCCCC/C=C\C/C=C\CCCCCC. The van der Waals surface area contributed by atoms with Crippen LogP contribution in [0.3, 0.4) is 0 Å². The van der Waals surface area contributed by atoms with Gasteiger partial charge < -0.3 is 14.2 Å². The first kappa shape index (κ1) is 68.6. The van der Waals surface area contributed by atoms with E-state index in [1.165, 1.54) is 64.2 Å². The van der Waals surface area contributed by atoms with Crippen LogP contribution in [-0.2, 0) is 28.6 Å². The largest absolute Gasteiger partial charge is 0.462 e. The van der Waals surface area contributed by atoms with Crippen molar-refractivity contribution in [3.63, 3.8) is 0 Å². The molecule has 0 aromatic heterocycles. The normalized spacial score (nSPS) is 13.1. The molecule has 0 N–H and O–H groups in total. The van der Waals surface area contributed by atoms with Gasteiger partial charge in [0.2, 0.25) is 0 Å². The van der Waals surface area contributed by atoms with Crippen LogP contribution in [0.15, 0.2) is 134 Å². The molecule has 0 saturated carbocycles. The van der Waals surface area contributed by atoms with E-state index in [1.807, 2.05) is 0 Å². The van der Waals surface area contributed by atoms with Gasteiger partial charge in [0.1, 0.15) is 13.2 Å². The second kappa shape index (κ2) is 60.1. The third kappa shape index (κ3) is 58.3. The highest BCUT2D eigenvalue weighted by atomic mass is 16.6. The number of rotatable bonds is 52. The van der Waals surface area contributed by atoms with Gasteiger partial charge in [-0.3, -0.25) is 14.4 Å². The van der Waals surface area contributed by atoms with Crippen molar-refractivity contribution in [2.75, 3.05) is 13.2 Å². The molecule has 0 aromatic rings. The highest BCUT2D eigenvalue weighted by Crippen LogP contribution is 2.13. The summed E-state index contributed by atoms with van der Waals surface area (Å²) in [6.07, 6.45) is 84.4. The van der Waals surface area contributed by atoms with Crippen LogP contribution in [0.5, 0.6) is 0 Å². The molecule has 0 aliphatic heterocycles. The van der Waals surface area contributed by atoms with Crippen molar-refractivity contribution in [2.45, 2.75) is 258 Å². The van der Waals surface area contributed by atoms with Crippen LogP contribution in [0.2, 0.25) is 0 Å². The Balaban J connectivity index is 4.54. The molecule has 6 nitrogen and oxygen atoms in total. The predicted octanol–water partition coefficient (Wildman–Crippen LogP) is 20.2. The predicted molar refractivity (Wildman–Crippen MR) is 316 cm³/mol. The molecule has 0 fully saturated rings. The molecule has 6 heteroatoms. The third-order valence-electron chi connectivity index (χ3n) is 12.1. The Morgan fingerprint density at radius 1 is 0.288 bits per heavy atom. The first-order valence-electron chi connectivity index (χ1n) is 29.7. The van der Waals surface area contributed by atoms with Crippen molar-refractivity contribution in [1.29, 1.82) is 0 Å². The van der Waals surface area contributed by atoms with Crippen molar-refractivity contribution in [2.24, 2.45) is 0 Å². The van der Waals surface area contributed by atoms with Gasteiger partial charge >= 0.3 is 17.9 Å². The monoisotopic (exact) mass is 1010 g/mol. The van der Waals surface area contributed by atoms with Crippen molar-refractivity contribution in [1.82, 2.24) is 0 Å². The van der Waals surface area contributed by atoms with E-state index in [0.29, 0.717) is 19.3 Å². The van der Waals surface area contributed by atoms with Gasteiger partial charge in [0.25, 0.3) is 0 Å². The third-order valence-corrected chi connectivity index (χ3v) is 12.1. The Bertz CT molecular complexity index is 1580. The summed E-state index contributed by atoms with van der Waals surface area (Å²) in [7, 11) is 0. The molecule has 73 heavy (non-hydrogen) atoms. The smallest absolute Gasteiger partial charge is 0.306 e. The van der Waals surface area contributed by atoms with E-state index in [-0.39, 0.29) is 37.5 Å². The maximum Gasteiger partial charge on any atom is 0.306 e. The fourth-order valence-electron chi connectivity index (χ4n) is 7.67.